The van der Waals surface area contributed by atoms with Crippen molar-refractivity contribution in [1.82, 2.24) is 20.2 Å². The zero-order chi connectivity index (χ0) is 15.7. The topological polar surface area (TPSA) is 74.4 Å². The third-order valence-corrected chi connectivity index (χ3v) is 3.46. The molecule has 0 aliphatic rings. The molecule has 3 aromatic rings. The van der Waals surface area contributed by atoms with Crippen LogP contribution >= 0.6 is 0 Å². The van der Waals surface area contributed by atoms with Gasteiger partial charge in [0, 0.05) is 6.42 Å². The average molecular weight is 300 g/mol. The van der Waals surface area contributed by atoms with Gasteiger partial charge >= 0.3 is 0 Å². The average Bonchev–Trinajstić information content (AvgIpc) is 2.84. The first-order valence-corrected chi connectivity index (χ1v) is 7.24. The summed E-state index contributed by atoms with van der Waals surface area (Å²) in [5, 5.41) is 6.91. The Balaban J connectivity index is 2.04. The molecule has 0 saturated carbocycles. The second-order valence-corrected chi connectivity index (χ2v) is 5.77. The molecule has 0 aliphatic carbocycles. The molecule has 0 atom stereocenters. The van der Waals surface area contributed by atoms with Crippen LogP contribution in [0.15, 0.2) is 29.1 Å². The summed E-state index contributed by atoms with van der Waals surface area (Å²) < 4.78 is 13.7. The van der Waals surface area contributed by atoms with E-state index in [-0.39, 0.29) is 17.8 Å². The van der Waals surface area contributed by atoms with E-state index in [1.54, 1.807) is 18.2 Å². The summed E-state index contributed by atoms with van der Waals surface area (Å²) in [6, 6.07) is 6.48. The summed E-state index contributed by atoms with van der Waals surface area (Å²) in [6.07, 6.45) is 0.972. The SMILES string of the molecule is CC(C)Cc1n[nH]c2c(=O)[nH]c(Cc3ccccc3F)nc12. The fourth-order valence-corrected chi connectivity index (χ4v) is 2.44. The van der Waals surface area contributed by atoms with E-state index in [0.717, 1.165) is 12.1 Å². The maximum Gasteiger partial charge on any atom is 0.276 e. The van der Waals surface area contributed by atoms with Crippen molar-refractivity contribution in [2.24, 2.45) is 5.92 Å². The molecule has 6 heteroatoms. The Morgan fingerprint density at radius 1 is 1.27 bits per heavy atom. The Hall–Kier alpha value is -2.50. The van der Waals surface area contributed by atoms with E-state index in [1.165, 1.54) is 6.07 Å². The number of nitrogens with zero attached hydrogens (tertiary/aromatic N) is 2. The predicted octanol–water partition coefficient (Wildman–Crippen LogP) is 2.57. The van der Waals surface area contributed by atoms with Crippen LogP contribution in [0, 0.1) is 11.7 Å². The van der Waals surface area contributed by atoms with Crippen LogP contribution in [-0.4, -0.2) is 20.2 Å². The highest BCUT2D eigenvalue weighted by Crippen LogP contribution is 2.16. The second kappa shape index (κ2) is 5.71. The van der Waals surface area contributed by atoms with Crippen molar-refractivity contribution in [1.29, 1.82) is 0 Å². The van der Waals surface area contributed by atoms with Gasteiger partial charge in [0.2, 0.25) is 0 Å². The zero-order valence-corrected chi connectivity index (χ0v) is 12.5. The van der Waals surface area contributed by atoms with Gasteiger partial charge < -0.3 is 4.98 Å². The van der Waals surface area contributed by atoms with E-state index in [2.05, 4.69) is 34.0 Å². The van der Waals surface area contributed by atoms with Crippen molar-refractivity contribution in [3.8, 4) is 0 Å². The lowest BCUT2D eigenvalue weighted by atomic mass is 10.1. The van der Waals surface area contributed by atoms with Gasteiger partial charge in [0.05, 0.1) is 5.69 Å². The Morgan fingerprint density at radius 2 is 2.05 bits per heavy atom. The van der Waals surface area contributed by atoms with Gasteiger partial charge in [-0.15, -0.1) is 0 Å². The normalized spacial score (nSPS) is 11.5. The molecule has 3 rings (SSSR count). The van der Waals surface area contributed by atoms with Crippen LogP contribution in [0.1, 0.15) is 30.9 Å². The molecule has 2 N–H and O–H groups in total. The van der Waals surface area contributed by atoms with Crippen LogP contribution in [0.25, 0.3) is 11.0 Å². The number of aromatic amines is 2. The smallest absolute Gasteiger partial charge is 0.276 e. The van der Waals surface area contributed by atoms with Crippen LogP contribution < -0.4 is 5.56 Å². The fraction of sp³-hybridized carbons (Fsp3) is 0.312. The Kier molecular flexibility index (Phi) is 3.75. The number of hydrogen-bond donors (Lipinski definition) is 2. The van der Waals surface area contributed by atoms with E-state index >= 15 is 0 Å². The third-order valence-electron chi connectivity index (χ3n) is 3.46. The minimum Gasteiger partial charge on any atom is -0.308 e. The molecule has 0 amide bonds. The quantitative estimate of drug-likeness (QED) is 0.777. The lowest BCUT2D eigenvalue weighted by Crippen LogP contribution is -2.13. The van der Waals surface area contributed by atoms with Crippen LogP contribution in [0.5, 0.6) is 0 Å². The van der Waals surface area contributed by atoms with Gasteiger partial charge in [0.1, 0.15) is 22.7 Å². The maximum atomic E-state index is 13.7. The minimum atomic E-state index is -0.306. The van der Waals surface area contributed by atoms with Gasteiger partial charge in [-0.1, -0.05) is 32.0 Å². The van der Waals surface area contributed by atoms with Crippen molar-refractivity contribution in [2.75, 3.05) is 0 Å². The standard InChI is InChI=1S/C16H17FN4O/c1-9(2)7-12-14-15(21-20-12)16(22)19-13(18-14)8-10-5-3-4-6-11(10)17/h3-6,9H,7-8H2,1-2H3,(H,20,21)(H,18,19,22). The molecule has 0 radical (unpaired) electrons. The molecule has 2 aromatic heterocycles. The molecular weight excluding hydrogens is 283 g/mol. The molecule has 22 heavy (non-hydrogen) atoms. The van der Waals surface area contributed by atoms with Crippen molar-refractivity contribution >= 4 is 11.0 Å². The molecular formula is C16H17FN4O. The molecule has 0 spiro atoms. The Labute approximate surface area is 126 Å². The van der Waals surface area contributed by atoms with E-state index in [9.17, 15) is 9.18 Å². The van der Waals surface area contributed by atoms with Gasteiger partial charge in [-0.3, -0.25) is 9.89 Å². The number of rotatable bonds is 4. The summed E-state index contributed by atoms with van der Waals surface area (Å²) >= 11 is 0. The third kappa shape index (κ3) is 2.77. The Bertz CT molecular complexity index is 866. The van der Waals surface area contributed by atoms with Crippen molar-refractivity contribution in [3.05, 3.63) is 57.5 Å². The van der Waals surface area contributed by atoms with E-state index in [4.69, 9.17) is 0 Å². The largest absolute Gasteiger partial charge is 0.308 e. The van der Waals surface area contributed by atoms with Gasteiger partial charge in [-0.2, -0.15) is 5.10 Å². The van der Waals surface area contributed by atoms with Crippen LogP contribution in [-0.2, 0) is 12.8 Å². The highest BCUT2D eigenvalue weighted by molar-refractivity contribution is 5.75. The molecule has 2 heterocycles. The molecule has 0 fully saturated rings. The van der Waals surface area contributed by atoms with Crippen LogP contribution in [0.3, 0.4) is 0 Å². The summed E-state index contributed by atoms with van der Waals surface area (Å²) in [7, 11) is 0. The summed E-state index contributed by atoms with van der Waals surface area (Å²) in [5.74, 6) is 0.538. The first-order chi connectivity index (χ1) is 10.5. The molecule has 0 aliphatic heterocycles. The molecule has 5 nitrogen and oxygen atoms in total. The number of hydrogen-bond acceptors (Lipinski definition) is 3. The van der Waals surface area contributed by atoms with Gasteiger partial charge in [-0.25, -0.2) is 9.37 Å². The highest BCUT2D eigenvalue weighted by atomic mass is 19.1. The number of aromatic nitrogens is 4. The Morgan fingerprint density at radius 3 is 2.77 bits per heavy atom. The van der Waals surface area contributed by atoms with E-state index < -0.39 is 0 Å². The summed E-state index contributed by atoms with van der Waals surface area (Å²) in [4.78, 5) is 19.3. The highest BCUT2D eigenvalue weighted by Gasteiger charge is 2.14. The molecule has 114 valence electrons. The second-order valence-electron chi connectivity index (χ2n) is 5.77. The van der Waals surface area contributed by atoms with Crippen molar-refractivity contribution < 1.29 is 4.39 Å². The van der Waals surface area contributed by atoms with E-state index in [0.29, 0.717) is 28.3 Å². The van der Waals surface area contributed by atoms with E-state index in [1.807, 2.05) is 0 Å². The summed E-state index contributed by atoms with van der Waals surface area (Å²) in [5.41, 5.74) is 1.93. The summed E-state index contributed by atoms with van der Waals surface area (Å²) in [6.45, 7) is 4.15. The number of halogens is 1. The first-order valence-electron chi connectivity index (χ1n) is 7.24. The molecule has 1 aromatic carbocycles. The monoisotopic (exact) mass is 300 g/mol. The number of benzene rings is 1. The molecule has 0 unspecified atom stereocenters. The molecule has 0 bridgehead atoms. The zero-order valence-electron chi connectivity index (χ0n) is 12.5. The maximum absolute atomic E-state index is 13.7. The van der Waals surface area contributed by atoms with Gasteiger partial charge in [0.15, 0.2) is 0 Å². The number of H-pyrrole nitrogens is 2. The minimum absolute atomic E-state index is 0.240. The molecule has 0 saturated heterocycles. The lowest BCUT2D eigenvalue weighted by Gasteiger charge is -2.04. The van der Waals surface area contributed by atoms with Crippen LogP contribution in [0.2, 0.25) is 0 Å². The lowest BCUT2D eigenvalue weighted by molar-refractivity contribution is 0.612. The fourth-order valence-electron chi connectivity index (χ4n) is 2.44. The van der Waals surface area contributed by atoms with Crippen molar-refractivity contribution in [3.63, 3.8) is 0 Å². The van der Waals surface area contributed by atoms with Crippen molar-refractivity contribution in [2.45, 2.75) is 26.7 Å². The number of fused-ring (bicyclic) bond motifs is 1. The van der Waals surface area contributed by atoms with Crippen LogP contribution in [0.4, 0.5) is 4.39 Å². The predicted molar refractivity (Wildman–Crippen MR) is 82.3 cm³/mol. The van der Waals surface area contributed by atoms with Gasteiger partial charge in [0.25, 0.3) is 5.56 Å². The van der Waals surface area contributed by atoms with Gasteiger partial charge in [-0.05, 0) is 24.0 Å². The first kappa shape index (κ1) is 14.4. The number of nitrogens with one attached hydrogen (secondary N) is 2.